The number of nitrogens with one attached hydrogen (secondary N) is 1. The lowest BCUT2D eigenvalue weighted by molar-refractivity contribution is -0.384. The molecule has 0 fully saturated rings. The van der Waals surface area contributed by atoms with Gasteiger partial charge in [-0.05, 0) is 54.7 Å². The van der Waals surface area contributed by atoms with Gasteiger partial charge >= 0.3 is 0 Å². The molecule has 0 saturated carbocycles. The molecule has 1 aliphatic carbocycles. The Hall–Kier alpha value is -2.34. The Morgan fingerprint density at radius 3 is 2.61 bits per heavy atom. The first-order valence-corrected chi connectivity index (χ1v) is 8.39. The third-order valence-electron chi connectivity index (χ3n) is 3.80. The Morgan fingerprint density at radius 2 is 1.87 bits per heavy atom. The largest absolute Gasteiger partial charge is 0.325 e. The third kappa shape index (κ3) is 3.90. The van der Waals surface area contributed by atoms with Gasteiger partial charge in [-0.2, -0.15) is 0 Å². The van der Waals surface area contributed by atoms with E-state index in [1.807, 2.05) is 0 Å². The predicted molar refractivity (Wildman–Crippen MR) is 90.9 cm³/mol. The Morgan fingerprint density at radius 1 is 1.13 bits per heavy atom. The summed E-state index contributed by atoms with van der Waals surface area (Å²) in [6.45, 7) is 0. The van der Waals surface area contributed by atoms with Gasteiger partial charge in [-0.15, -0.1) is 11.8 Å². The van der Waals surface area contributed by atoms with Gasteiger partial charge in [0.1, 0.15) is 0 Å². The molecular weight excluding hydrogens is 312 g/mol. The average Bonchev–Trinajstić information content (AvgIpc) is 3.01. The first kappa shape index (κ1) is 15.6. The third-order valence-corrected chi connectivity index (χ3v) is 4.80. The number of carbonyl (C=O) groups excluding carboxylic acids is 1. The summed E-state index contributed by atoms with van der Waals surface area (Å²) >= 11 is 1.50. The number of nitrogens with zero attached hydrogens (tertiary/aromatic N) is 1. The predicted octanol–water partition coefficient (Wildman–Crippen LogP) is 3.81. The molecule has 118 valence electrons. The highest BCUT2D eigenvalue weighted by Crippen LogP contribution is 2.27. The van der Waals surface area contributed by atoms with Crippen LogP contribution in [0.5, 0.6) is 0 Å². The van der Waals surface area contributed by atoms with Gasteiger partial charge in [0.15, 0.2) is 0 Å². The standard InChI is InChI=1S/C17H16N2O3S/c20-17(18-14-5-7-15(8-6-14)19(21)22)11-23-16-9-4-12-2-1-3-13(12)10-16/h4-10H,1-3,11H2,(H,18,20). The molecule has 0 aromatic heterocycles. The molecule has 23 heavy (non-hydrogen) atoms. The molecule has 0 bridgehead atoms. The fourth-order valence-corrected chi connectivity index (χ4v) is 3.41. The van der Waals surface area contributed by atoms with Crippen LogP contribution in [-0.2, 0) is 17.6 Å². The monoisotopic (exact) mass is 328 g/mol. The van der Waals surface area contributed by atoms with E-state index in [0.29, 0.717) is 11.4 Å². The molecule has 1 aliphatic rings. The van der Waals surface area contributed by atoms with Gasteiger partial charge in [0.05, 0.1) is 10.7 Å². The molecule has 0 heterocycles. The molecule has 2 aromatic rings. The number of hydrogen-bond donors (Lipinski definition) is 1. The summed E-state index contributed by atoms with van der Waals surface area (Å²) in [5.74, 6) is 0.194. The van der Waals surface area contributed by atoms with E-state index in [-0.39, 0.29) is 11.6 Å². The summed E-state index contributed by atoms with van der Waals surface area (Å²) in [5, 5.41) is 13.3. The summed E-state index contributed by atoms with van der Waals surface area (Å²) in [6.07, 6.45) is 3.49. The SMILES string of the molecule is O=C(CSc1ccc2c(c1)CCC2)Nc1ccc([N+](=O)[O-])cc1. The number of benzene rings is 2. The lowest BCUT2D eigenvalue weighted by Crippen LogP contribution is -2.13. The van der Waals surface area contributed by atoms with Crippen LogP contribution >= 0.6 is 11.8 Å². The fourth-order valence-electron chi connectivity index (χ4n) is 2.65. The van der Waals surface area contributed by atoms with Gasteiger partial charge in [-0.1, -0.05) is 6.07 Å². The molecule has 3 rings (SSSR count). The molecule has 0 unspecified atom stereocenters. The van der Waals surface area contributed by atoms with Crippen molar-refractivity contribution in [2.45, 2.75) is 24.2 Å². The number of nitro groups is 1. The smallest absolute Gasteiger partial charge is 0.269 e. The van der Waals surface area contributed by atoms with Crippen molar-refractivity contribution in [3.63, 3.8) is 0 Å². The second-order valence-electron chi connectivity index (χ2n) is 5.42. The number of thioether (sulfide) groups is 1. The Kier molecular flexibility index (Phi) is 4.62. The zero-order valence-electron chi connectivity index (χ0n) is 12.5. The van der Waals surface area contributed by atoms with Crippen molar-refractivity contribution in [2.75, 3.05) is 11.1 Å². The number of aryl methyl sites for hydroxylation is 2. The minimum Gasteiger partial charge on any atom is -0.325 e. The van der Waals surface area contributed by atoms with E-state index < -0.39 is 4.92 Å². The number of fused-ring (bicyclic) bond motifs is 1. The zero-order valence-corrected chi connectivity index (χ0v) is 13.3. The highest BCUT2D eigenvalue weighted by Gasteiger charge is 2.12. The van der Waals surface area contributed by atoms with Crippen LogP contribution in [-0.4, -0.2) is 16.6 Å². The van der Waals surface area contributed by atoms with Gasteiger partial charge in [-0.3, -0.25) is 14.9 Å². The van der Waals surface area contributed by atoms with E-state index in [2.05, 4.69) is 23.5 Å². The molecule has 0 radical (unpaired) electrons. The van der Waals surface area contributed by atoms with Crippen molar-refractivity contribution in [2.24, 2.45) is 0 Å². The van der Waals surface area contributed by atoms with Crippen molar-refractivity contribution >= 4 is 29.0 Å². The van der Waals surface area contributed by atoms with Crippen molar-refractivity contribution < 1.29 is 9.72 Å². The van der Waals surface area contributed by atoms with Crippen LogP contribution in [0.4, 0.5) is 11.4 Å². The molecule has 6 heteroatoms. The number of rotatable bonds is 5. The van der Waals surface area contributed by atoms with E-state index in [1.54, 1.807) is 0 Å². The number of amides is 1. The summed E-state index contributed by atoms with van der Waals surface area (Å²) in [6, 6.07) is 12.2. The van der Waals surface area contributed by atoms with Crippen LogP contribution in [0.25, 0.3) is 0 Å². The van der Waals surface area contributed by atoms with E-state index in [0.717, 1.165) is 17.7 Å². The van der Waals surface area contributed by atoms with Gasteiger partial charge in [-0.25, -0.2) is 0 Å². The van der Waals surface area contributed by atoms with Crippen LogP contribution in [0.15, 0.2) is 47.4 Å². The second kappa shape index (κ2) is 6.83. The van der Waals surface area contributed by atoms with E-state index in [4.69, 9.17) is 0 Å². The van der Waals surface area contributed by atoms with Crippen LogP contribution < -0.4 is 5.32 Å². The highest BCUT2D eigenvalue weighted by atomic mass is 32.2. The maximum absolute atomic E-state index is 12.0. The first-order valence-electron chi connectivity index (χ1n) is 7.41. The molecular formula is C17H16N2O3S. The maximum Gasteiger partial charge on any atom is 0.269 e. The minimum atomic E-state index is -0.463. The summed E-state index contributed by atoms with van der Waals surface area (Å²) in [4.78, 5) is 23.2. The average molecular weight is 328 g/mol. The first-order chi connectivity index (χ1) is 11.1. The lowest BCUT2D eigenvalue weighted by Gasteiger charge is -2.06. The van der Waals surface area contributed by atoms with Crippen molar-refractivity contribution in [1.82, 2.24) is 0 Å². The number of nitro benzene ring substituents is 1. The normalized spacial score (nSPS) is 12.7. The summed E-state index contributed by atoms with van der Waals surface area (Å²) in [5.41, 5.74) is 3.39. The molecule has 5 nitrogen and oxygen atoms in total. The topological polar surface area (TPSA) is 72.2 Å². The summed E-state index contributed by atoms with van der Waals surface area (Å²) in [7, 11) is 0. The van der Waals surface area contributed by atoms with Gasteiger partial charge in [0.25, 0.3) is 5.69 Å². The van der Waals surface area contributed by atoms with Crippen LogP contribution in [0.2, 0.25) is 0 Å². The van der Waals surface area contributed by atoms with Gasteiger partial charge in [0, 0.05) is 22.7 Å². The maximum atomic E-state index is 12.0. The van der Waals surface area contributed by atoms with E-state index >= 15 is 0 Å². The van der Waals surface area contributed by atoms with Crippen LogP contribution in [0, 0.1) is 10.1 Å². The quantitative estimate of drug-likeness (QED) is 0.514. The number of carbonyl (C=O) groups is 1. The molecule has 1 N–H and O–H groups in total. The summed E-state index contributed by atoms with van der Waals surface area (Å²) < 4.78 is 0. The van der Waals surface area contributed by atoms with Crippen molar-refractivity contribution in [3.8, 4) is 0 Å². The van der Waals surface area contributed by atoms with Crippen molar-refractivity contribution in [1.29, 1.82) is 0 Å². The zero-order chi connectivity index (χ0) is 16.2. The lowest BCUT2D eigenvalue weighted by atomic mass is 10.1. The highest BCUT2D eigenvalue weighted by molar-refractivity contribution is 8.00. The van der Waals surface area contributed by atoms with E-state index in [9.17, 15) is 14.9 Å². The molecule has 2 aromatic carbocycles. The van der Waals surface area contributed by atoms with Gasteiger partial charge < -0.3 is 5.32 Å². The fraction of sp³-hybridized carbons (Fsp3) is 0.235. The Labute approximate surface area is 138 Å². The molecule has 1 amide bonds. The van der Waals surface area contributed by atoms with Crippen LogP contribution in [0.3, 0.4) is 0 Å². The minimum absolute atomic E-state index is 0.00974. The number of anilines is 1. The number of non-ortho nitro benzene ring substituents is 1. The van der Waals surface area contributed by atoms with Crippen molar-refractivity contribution in [3.05, 3.63) is 63.7 Å². The van der Waals surface area contributed by atoms with Gasteiger partial charge in [0.2, 0.25) is 5.91 Å². The Balaban J connectivity index is 1.54. The molecule has 0 atom stereocenters. The second-order valence-corrected chi connectivity index (χ2v) is 6.47. The number of hydrogen-bond acceptors (Lipinski definition) is 4. The Bertz CT molecular complexity index is 744. The molecule has 0 aliphatic heterocycles. The molecule has 0 saturated heterocycles. The van der Waals surface area contributed by atoms with E-state index in [1.165, 1.54) is 53.6 Å². The molecule has 0 spiro atoms. The van der Waals surface area contributed by atoms with Crippen LogP contribution in [0.1, 0.15) is 17.5 Å².